The molecular weight excluding hydrogens is 268 g/mol. The molecule has 0 aromatic heterocycles. The summed E-state index contributed by atoms with van der Waals surface area (Å²) < 4.78 is 11.3. The number of amides is 1. The zero-order chi connectivity index (χ0) is 14.3. The predicted octanol–water partition coefficient (Wildman–Crippen LogP) is -2.16. The molecule has 0 aromatic rings. The van der Waals surface area contributed by atoms with Crippen LogP contribution < -0.4 is 5.32 Å². The van der Waals surface area contributed by atoms with E-state index in [1.165, 1.54) is 17.2 Å². The van der Waals surface area contributed by atoms with Crippen LogP contribution in [0.5, 0.6) is 0 Å². The van der Waals surface area contributed by atoms with Crippen LogP contribution >= 0.6 is 0 Å². The van der Waals surface area contributed by atoms with Gasteiger partial charge in [0.2, 0.25) is 12.3 Å². The number of ether oxygens (including phenoxy) is 2. The fourth-order valence-corrected chi connectivity index (χ4v) is 3.08. The Bertz CT molecular complexity index is 422. The second kappa shape index (κ2) is 4.97. The molecule has 112 valence electrons. The van der Waals surface area contributed by atoms with Gasteiger partial charge in [0.05, 0.1) is 6.61 Å². The van der Waals surface area contributed by atoms with E-state index in [0.29, 0.717) is 13.0 Å². The molecule has 8 heteroatoms. The van der Waals surface area contributed by atoms with Crippen molar-refractivity contribution >= 4 is 5.91 Å². The van der Waals surface area contributed by atoms with Crippen LogP contribution in [0.2, 0.25) is 0 Å². The number of nitrogens with zero attached hydrogens (tertiary/aromatic N) is 1. The fourth-order valence-electron chi connectivity index (χ4n) is 3.08. The first kappa shape index (κ1) is 13.8. The lowest BCUT2D eigenvalue weighted by Crippen LogP contribution is -2.60. The molecule has 8 nitrogen and oxygen atoms in total. The van der Waals surface area contributed by atoms with Crippen LogP contribution in [0.15, 0.2) is 12.3 Å². The van der Waals surface area contributed by atoms with Crippen molar-refractivity contribution in [2.24, 2.45) is 0 Å². The van der Waals surface area contributed by atoms with E-state index in [4.69, 9.17) is 9.47 Å². The molecule has 3 heterocycles. The normalized spacial score (nSPS) is 44.4. The lowest BCUT2D eigenvalue weighted by atomic mass is 9.90. The average molecular weight is 286 g/mol. The van der Waals surface area contributed by atoms with E-state index < -0.39 is 36.3 Å². The maximum Gasteiger partial charge on any atom is 0.248 e. The highest BCUT2D eigenvalue weighted by Crippen LogP contribution is 2.43. The topological polar surface area (TPSA) is 111 Å². The van der Waals surface area contributed by atoms with E-state index in [9.17, 15) is 20.1 Å². The predicted molar refractivity (Wildman–Crippen MR) is 64.8 cm³/mol. The van der Waals surface area contributed by atoms with Gasteiger partial charge in [-0.1, -0.05) is 0 Å². The van der Waals surface area contributed by atoms with E-state index in [1.54, 1.807) is 0 Å². The summed E-state index contributed by atoms with van der Waals surface area (Å²) >= 11 is 0. The monoisotopic (exact) mass is 286 g/mol. The fraction of sp³-hybridized carbons (Fsp3) is 0.750. The van der Waals surface area contributed by atoms with Crippen LogP contribution in [0.25, 0.3) is 0 Å². The lowest BCUT2D eigenvalue weighted by molar-refractivity contribution is -0.182. The van der Waals surface area contributed by atoms with Crippen molar-refractivity contribution < 1.29 is 29.6 Å². The summed E-state index contributed by atoms with van der Waals surface area (Å²) in [5, 5.41) is 31.9. The van der Waals surface area contributed by atoms with Gasteiger partial charge in [0, 0.05) is 18.9 Å². The maximum atomic E-state index is 11.2. The van der Waals surface area contributed by atoms with E-state index in [0.717, 1.165) is 6.42 Å². The number of carbonyl (C=O) groups excluding carboxylic acids is 1. The van der Waals surface area contributed by atoms with Crippen LogP contribution in [0.4, 0.5) is 0 Å². The smallest absolute Gasteiger partial charge is 0.248 e. The summed E-state index contributed by atoms with van der Waals surface area (Å²) in [7, 11) is 0. The number of hydrogen-bond donors (Lipinski definition) is 4. The van der Waals surface area contributed by atoms with E-state index >= 15 is 0 Å². The van der Waals surface area contributed by atoms with Crippen molar-refractivity contribution in [1.29, 1.82) is 0 Å². The zero-order valence-electron chi connectivity index (χ0n) is 10.8. The molecule has 5 unspecified atom stereocenters. The highest BCUT2D eigenvalue weighted by molar-refractivity contribution is 5.88. The summed E-state index contributed by atoms with van der Waals surface area (Å²) in [5.74, 6) is -0.410. The molecule has 3 aliphatic rings. The Hall–Kier alpha value is -1.19. The van der Waals surface area contributed by atoms with Crippen molar-refractivity contribution in [1.82, 2.24) is 10.2 Å². The summed E-state index contributed by atoms with van der Waals surface area (Å²) in [4.78, 5) is 12.6. The van der Waals surface area contributed by atoms with Crippen molar-refractivity contribution in [3.63, 3.8) is 0 Å². The minimum atomic E-state index is -1.26. The highest BCUT2D eigenvalue weighted by atomic mass is 16.6. The van der Waals surface area contributed by atoms with Crippen LogP contribution in [0.3, 0.4) is 0 Å². The third-order valence-electron chi connectivity index (χ3n) is 4.06. The van der Waals surface area contributed by atoms with Gasteiger partial charge in [0.1, 0.15) is 17.8 Å². The minimum Gasteiger partial charge on any atom is -0.394 e. The summed E-state index contributed by atoms with van der Waals surface area (Å²) in [6, 6.07) is 0. The third kappa shape index (κ3) is 1.92. The van der Waals surface area contributed by atoms with Gasteiger partial charge in [-0.05, 0) is 12.8 Å². The Labute approximate surface area is 115 Å². The molecule has 2 fully saturated rings. The zero-order valence-corrected chi connectivity index (χ0v) is 10.8. The molecule has 4 N–H and O–H groups in total. The first-order valence-corrected chi connectivity index (χ1v) is 6.61. The number of aliphatic hydroxyl groups excluding tert-OH is 3. The molecule has 2 saturated heterocycles. The summed E-state index contributed by atoms with van der Waals surface area (Å²) in [6.07, 6.45) is 0.179. The van der Waals surface area contributed by atoms with Gasteiger partial charge in [0.25, 0.3) is 0 Å². The van der Waals surface area contributed by atoms with E-state index in [-0.39, 0.29) is 6.61 Å². The Morgan fingerprint density at radius 1 is 1.50 bits per heavy atom. The molecular formula is C12H18N2O6. The van der Waals surface area contributed by atoms with Gasteiger partial charge >= 0.3 is 0 Å². The van der Waals surface area contributed by atoms with E-state index in [2.05, 4.69) is 5.32 Å². The van der Waals surface area contributed by atoms with Crippen molar-refractivity contribution in [3.05, 3.63) is 12.3 Å². The molecule has 0 aromatic carbocycles. The van der Waals surface area contributed by atoms with Gasteiger partial charge in [-0.25, -0.2) is 0 Å². The molecule has 3 aliphatic heterocycles. The van der Waals surface area contributed by atoms with Crippen LogP contribution in [0.1, 0.15) is 12.8 Å². The Balaban J connectivity index is 1.91. The number of aliphatic hydroxyl groups is 3. The first-order valence-electron chi connectivity index (χ1n) is 6.61. The standard InChI is InChI=1S/C12H18N2O6/c15-6-7-9(17)12(3-1-5-19-12)10(20-7)14-4-2-8(16)13-11(14)18/h2,4,7,9-11,15,17-18H,1,3,5-6H2,(H,13,16). The molecule has 0 saturated carbocycles. The largest absolute Gasteiger partial charge is 0.394 e. The second-order valence-electron chi connectivity index (χ2n) is 5.21. The van der Waals surface area contributed by atoms with Crippen LogP contribution in [0, 0.1) is 0 Å². The maximum absolute atomic E-state index is 11.2. The third-order valence-corrected chi connectivity index (χ3v) is 4.06. The highest BCUT2D eigenvalue weighted by Gasteiger charge is 2.61. The molecule has 0 aliphatic carbocycles. The number of hydrogen-bond acceptors (Lipinski definition) is 7. The second-order valence-corrected chi connectivity index (χ2v) is 5.21. The van der Waals surface area contributed by atoms with Gasteiger partial charge in [-0.3, -0.25) is 4.79 Å². The Morgan fingerprint density at radius 2 is 2.30 bits per heavy atom. The molecule has 0 bridgehead atoms. The Kier molecular flexibility index (Phi) is 3.43. The number of nitrogens with one attached hydrogen (secondary N) is 1. The van der Waals surface area contributed by atoms with Crippen LogP contribution in [-0.4, -0.2) is 69.7 Å². The summed E-state index contributed by atoms with van der Waals surface area (Å²) in [6.45, 7) is 0.137. The SMILES string of the molecule is O=C1C=CN(C2OC(CO)C(O)C23CCCO3)C(O)N1. The summed E-state index contributed by atoms with van der Waals surface area (Å²) in [5.41, 5.74) is -0.999. The van der Waals surface area contributed by atoms with E-state index in [1.807, 2.05) is 0 Å². The van der Waals surface area contributed by atoms with Crippen molar-refractivity contribution in [3.8, 4) is 0 Å². The molecule has 3 rings (SSSR count). The molecule has 5 atom stereocenters. The number of carbonyl (C=O) groups is 1. The number of rotatable bonds is 2. The van der Waals surface area contributed by atoms with Crippen molar-refractivity contribution in [2.45, 2.75) is 43.2 Å². The molecule has 20 heavy (non-hydrogen) atoms. The van der Waals surface area contributed by atoms with Crippen molar-refractivity contribution in [2.75, 3.05) is 13.2 Å². The lowest BCUT2D eigenvalue weighted by Gasteiger charge is -2.41. The van der Waals surface area contributed by atoms with Gasteiger partial charge < -0.3 is 35.0 Å². The first-order chi connectivity index (χ1) is 9.58. The minimum absolute atomic E-state index is 0.344. The average Bonchev–Trinajstić information content (AvgIpc) is 3.00. The Morgan fingerprint density at radius 3 is 2.90 bits per heavy atom. The quantitative estimate of drug-likeness (QED) is 0.457. The molecule has 1 amide bonds. The van der Waals surface area contributed by atoms with Crippen LogP contribution in [-0.2, 0) is 14.3 Å². The van der Waals surface area contributed by atoms with Gasteiger partial charge in [0.15, 0.2) is 6.23 Å². The van der Waals surface area contributed by atoms with Gasteiger partial charge in [-0.2, -0.15) is 0 Å². The molecule has 1 spiro atoms. The molecule has 0 radical (unpaired) electrons. The van der Waals surface area contributed by atoms with Gasteiger partial charge in [-0.15, -0.1) is 0 Å².